The number of furan rings is 1. The van der Waals surface area contributed by atoms with E-state index in [1.165, 1.54) is 0 Å². The van der Waals surface area contributed by atoms with E-state index in [0.29, 0.717) is 17.2 Å². The van der Waals surface area contributed by atoms with Gasteiger partial charge in [0.15, 0.2) is 0 Å². The van der Waals surface area contributed by atoms with Crippen LogP contribution in [0.3, 0.4) is 0 Å². The minimum absolute atomic E-state index is 0.0627. The standard InChI is InChI=1S/C15H12ClNO3/c16-9-3-5-12-11(8-9)10(4-6-14(18)19)15(17-12)13-2-1-7-20-13/h1-3,5,7-8,17H,4,6H2,(H,18,19). The molecule has 0 spiro atoms. The van der Waals surface area contributed by atoms with Crippen molar-refractivity contribution in [1.29, 1.82) is 0 Å². The molecule has 0 bridgehead atoms. The molecule has 3 rings (SSSR count). The molecule has 0 atom stereocenters. The Morgan fingerprint density at radius 2 is 2.20 bits per heavy atom. The predicted octanol–water partition coefficient (Wildman–Crippen LogP) is 4.10. The zero-order chi connectivity index (χ0) is 14.1. The highest BCUT2D eigenvalue weighted by atomic mass is 35.5. The summed E-state index contributed by atoms with van der Waals surface area (Å²) in [7, 11) is 0. The summed E-state index contributed by atoms with van der Waals surface area (Å²) in [4.78, 5) is 14.1. The van der Waals surface area contributed by atoms with Crippen molar-refractivity contribution in [2.75, 3.05) is 0 Å². The first-order chi connectivity index (χ1) is 9.65. The van der Waals surface area contributed by atoms with Gasteiger partial charge in [0.2, 0.25) is 0 Å². The Morgan fingerprint density at radius 1 is 1.35 bits per heavy atom. The SMILES string of the molecule is O=C(O)CCc1c(-c2ccco2)[nH]c2ccc(Cl)cc12. The van der Waals surface area contributed by atoms with Crippen molar-refractivity contribution in [3.05, 3.63) is 47.2 Å². The Bertz CT molecular complexity index is 759. The second-order valence-corrected chi connectivity index (χ2v) is 4.98. The molecule has 4 nitrogen and oxygen atoms in total. The molecule has 5 heteroatoms. The van der Waals surface area contributed by atoms with Crippen molar-refractivity contribution >= 4 is 28.5 Å². The van der Waals surface area contributed by atoms with Crippen LogP contribution in [0.1, 0.15) is 12.0 Å². The fourth-order valence-electron chi connectivity index (χ4n) is 2.34. The number of benzene rings is 1. The lowest BCUT2D eigenvalue weighted by atomic mass is 10.0. The highest BCUT2D eigenvalue weighted by molar-refractivity contribution is 6.31. The number of aliphatic carboxylic acids is 1. The highest BCUT2D eigenvalue weighted by Crippen LogP contribution is 2.33. The number of hydrogen-bond acceptors (Lipinski definition) is 2. The van der Waals surface area contributed by atoms with Crippen molar-refractivity contribution in [2.45, 2.75) is 12.8 Å². The predicted molar refractivity (Wildman–Crippen MR) is 77.0 cm³/mol. The van der Waals surface area contributed by atoms with Gasteiger partial charge >= 0.3 is 5.97 Å². The zero-order valence-electron chi connectivity index (χ0n) is 10.5. The number of H-pyrrole nitrogens is 1. The molecule has 0 saturated heterocycles. The van der Waals surface area contributed by atoms with Gasteiger partial charge in [-0.15, -0.1) is 0 Å². The van der Waals surface area contributed by atoms with Crippen molar-refractivity contribution in [3.63, 3.8) is 0 Å². The van der Waals surface area contributed by atoms with Gasteiger partial charge in [-0.2, -0.15) is 0 Å². The van der Waals surface area contributed by atoms with E-state index >= 15 is 0 Å². The van der Waals surface area contributed by atoms with Gasteiger partial charge in [0, 0.05) is 22.3 Å². The quantitative estimate of drug-likeness (QED) is 0.760. The maximum absolute atomic E-state index is 10.8. The van der Waals surface area contributed by atoms with Crippen LogP contribution in [0.25, 0.3) is 22.4 Å². The van der Waals surface area contributed by atoms with E-state index in [1.807, 2.05) is 18.2 Å². The van der Waals surface area contributed by atoms with E-state index in [4.69, 9.17) is 21.1 Å². The summed E-state index contributed by atoms with van der Waals surface area (Å²) in [5, 5.41) is 10.5. The third-order valence-electron chi connectivity index (χ3n) is 3.22. The van der Waals surface area contributed by atoms with Gasteiger partial charge in [-0.25, -0.2) is 0 Å². The van der Waals surface area contributed by atoms with Crippen LogP contribution in [-0.4, -0.2) is 16.1 Å². The largest absolute Gasteiger partial charge is 0.481 e. The second kappa shape index (κ2) is 5.06. The number of carboxylic acid groups (broad SMARTS) is 1. The number of aryl methyl sites for hydroxylation is 1. The van der Waals surface area contributed by atoms with Crippen LogP contribution in [0.15, 0.2) is 41.0 Å². The summed E-state index contributed by atoms with van der Waals surface area (Å²) in [5.41, 5.74) is 2.65. The van der Waals surface area contributed by atoms with Crippen LogP contribution in [0.5, 0.6) is 0 Å². The molecule has 0 aliphatic carbocycles. The molecule has 1 aromatic carbocycles. The molecule has 0 saturated carbocycles. The van der Waals surface area contributed by atoms with Gasteiger partial charge in [0.1, 0.15) is 5.76 Å². The molecule has 0 radical (unpaired) electrons. The van der Waals surface area contributed by atoms with Crippen LogP contribution in [0.2, 0.25) is 5.02 Å². The van der Waals surface area contributed by atoms with Crippen LogP contribution in [0, 0.1) is 0 Å². The second-order valence-electron chi connectivity index (χ2n) is 4.54. The van der Waals surface area contributed by atoms with E-state index < -0.39 is 5.97 Å². The number of aromatic amines is 1. The summed E-state index contributed by atoms with van der Waals surface area (Å²) in [6, 6.07) is 9.17. The smallest absolute Gasteiger partial charge is 0.303 e. The number of aromatic nitrogens is 1. The number of fused-ring (bicyclic) bond motifs is 1. The third-order valence-corrected chi connectivity index (χ3v) is 3.46. The van der Waals surface area contributed by atoms with Gasteiger partial charge in [-0.1, -0.05) is 11.6 Å². The van der Waals surface area contributed by atoms with E-state index in [2.05, 4.69) is 4.98 Å². The van der Waals surface area contributed by atoms with Crippen LogP contribution in [0.4, 0.5) is 0 Å². The first-order valence-electron chi connectivity index (χ1n) is 6.21. The Balaban J connectivity index is 2.17. The Labute approximate surface area is 120 Å². The van der Waals surface area contributed by atoms with Crippen molar-refractivity contribution in [2.24, 2.45) is 0 Å². The van der Waals surface area contributed by atoms with Crippen LogP contribution in [-0.2, 0) is 11.2 Å². The molecular formula is C15H12ClNO3. The van der Waals surface area contributed by atoms with Crippen molar-refractivity contribution in [3.8, 4) is 11.5 Å². The summed E-state index contributed by atoms with van der Waals surface area (Å²) in [6.07, 6.45) is 2.08. The van der Waals surface area contributed by atoms with Gasteiger partial charge < -0.3 is 14.5 Å². The maximum Gasteiger partial charge on any atom is 0.303 e. The van der Waals surface area contributed by atoms with E-state index in [0.717, 1.165) is 22.2 Å². The van der Waals surface area contributed by atoms with Crippen LogP contribution < -0.4 is 0 Å². The number of carbonyl (C=O) groups is 1. The van der Waals surface area contributed by atoms with E-state index in [9.17, 15) is 4.79 Å². The molecule has 0 aliphatic heterocycles. The first-order valence-corrected chi connectivity index (χ1v) is 6.58. The maximum atomic E-state index is 10.8. The molecule has 0 aliphatic rings. The molecule has 0 unspecified atom stereocenters. The monoisotopic (exact) mass is 289 g/mol. The number of carboxylic acids is 1. The third kappa shape index (κ3) is 2.30. The number of halogens is 1. The zero-order valence-corrected chi connectivity index (χ0v) is 11.3. The first kappa shape index (κ1) is 12.8. The fourth-order valence-corrected chi connectivity index (χ4v) is 2.51. The van der Waals surface area contributed by atoms with Gasteiger partial charge in [-0.05, 0) is 42.3 Å². The molecule has 102 valence electrons. The highest BCUT2D eigenvalue weighted by Gasteiger charge is 2.16. The van der Waals surface area contributed by atoms with E-state index in [1.54, 1.807) is 18.4 Å². The number of rotatable bonds is 4. The average Bonchev–Trinajstić information content (AvgIpc) is 3.02. The minimum atomic E-state index is -0.827. The van der Waals surface area contributed by atoms with E-state index in [-0.39, 0.29) is 6.42 Å². The van der Waals surface area contributed by atoms with Gasteiger partial charge in [0.05, 0.1) is 12.0 Å². The fraction of sp³-hybridized carbons (Fsp3) is 0.133. The summed E-state index contributed by atoms with van der Waals surface area (Å²) < 4.78 is 5.42. The molecule has 2 heterocycles. The van der Waals surface area contributed by atoms with Crippen molar-refractivity contribution < 1.29 is 14.3 Å². The molecule has 2 N–H and O–H groups in total. The summed E-state index contributed by atoms with van der Waals surface area (Å²) >= 11 is 6.03. The number of hydrogen-bond donors (Lipinski definition) is 2. The summed E-state index contributed by atoms with van der Waals surface area (Å²) in [5.74, 6) is -0.135. The summed E-state index contributed by atoms with van der Waals surface area (Å²) in [6.45, 7) is 0. The van der Waals surface area contributed by atoms with Gasteiger partial charge in [-0.3, -0.25) is 4.79 Å². The molecule has 20 heavy (non-hydrogen) atoms. The molecule has 0 fully saturated rings. The number of nitrogens with one attached hydrogen (secondary N) is 1. The molecule has 2 aromatic heterocycles. The van der Waals surface area contributed by atoms with Gasteiger partial charge in [0.25, 0.3) is 0 Å². The Morgan fingerprint density at radius 3 is 2.90 bits per heavy atom. The topological polar surface area (TPSA) is 66.2 Å². The lowest BCUT2D eigenvalue weighted by Gasteiger charge is -2.01. The van der Waals surface area contributed by atoms with Crippen LogP contribution >= 0.6 is 11.6 Å². The lowest BCUT2D eigenvalue weighted by molar-refractivity contribution is -0.136. The molecule has 3 aromatic rings. The minimum Gasteiger partial charge on any atom is -0.481 e. The lowest BCUT2D eigenvalue weighted by Crippen LogP contribution is -1.98. The van der Waals surface area contributed by atoms with Crippen molar-refractivity contribution in [1.82, 2.24) is 4.98 Å². The Hall–Kier alpha value is -2.20. The molecular weight excluding hydrogens is 278 g/mol. The molecule has 0 amide bonds. The normalized spacial score (nSPS) is 11.1. The Kier molecular flexibility index (Phi) is 3.24. The average molecular weight is 290 g/mol.